The third kappa shape index (κ3) is 5.48. The van der Waals surface area contributed by atoms with Crippen LogP contribution in [-0.2, 0) is 9.59 Å². The first-order valence-electron chi connectivity index (χ1n) is 6.37. The van der Waals surface area contributed by atoms with Gasteiger partial charge in [0.25, 0.3) is 0 Å². The lowest BCUT2D eigenvalue weighted by atomic mass is 9.96. The Morgan fingerprint density at radius 2 is 1.63 bits per heavy atom. The second-order valence-corrected chi connectivity index (χ2v) is 4.80. The molecule has 4 nitrogen and oxygen atoms in total. The zero-order valence-corrected chi connectivity index (χ0v) is 10.6. The SMILES string of the molecule is O=C(O)CCCCC(=O)N1CCC(C(F)(F)F)CC1. The largest absolute Gasteiger partial charge is 0.481 e. The van der Waals surface area contributed by atoms with E-state index in [-0.39, 0.29) is 44.7 Å². The van der Waals surface area contributed by atoms with E-state index >= 15 is 0 Å². The lowest BCUT2D eigenvalue weighted by Crippen LogP contribution is -2.42. The number of likely N-dealkylation sites (tertiary alicyclic amines) is 1. The molecule has 1 aliphatic rings. The fourth-order valence-corrected chi connectivity index (χ4v) is 2.17. The van der Waals surface area contributed by atoms with Crippen molar-refractivity contribution >= 4 is 11.9 Å². The summed E-state index contributed by atoms with van der Waals surface area (Å²) in [4.78, 5) is 23.4. The van der Waals surface area contributed by atoms with Crippen LogP contribution in [0.1, 0.15) is 38.5 Å². The third-order valence-corrected chi connectivity index (χ3v) is 3.34. The van der Waals surface area contributed by atoms with Crippen molar-refractivity contribution < 1.29 is 27.9 Å². The van der Waals surface area contributed by atoms with Gasteiger partial charge in [0.15, 0.2) is 0 Å². The van der Waals surface area contributed by atoms with Gasteiger partial charge in [0.1, 0.15) is 0 Å². The van der Waals surface area contributed by atoms with Crippen molar-refractivity contribution in [1.29, 1.82) is 0 Å². The second kappa shape index (κ2) is 6.77. The van der Waals surface area contributed by atoms with Crippen LogP contribution in [0.5, 0.6) is 0 Å². The van der Waals surface area contributed by atoms with E-state index in [1.807, 2.05) is 0 Å². The molecule has 0 bridgehead atoms. The Labute approximate surface area is 109 Å². The minimum atomic E-state index is -4.17. The van der Waals surface area contributed by atoms with Gasteiger partial charge in [0.2, 0.25) is 5.91 Å². The minimum absolute atomic E-state index is 0.0173. The van der Waals surface area contributed by atoms with Gasteiger partial charge in [0, 0.05) is 25.9 Å². The number of carbonyl (C=O) groups excluding carboxylic acids is 1. The average Bonchev–Trinajstić information content (AvgIpc) is 2.33. The Kier molecular flexibility index (Phi) is 5.62. The van der Waals surface area contributed by atoms with Crippen molar-refractivity contribution in [2.45, 2.75) is 44.7 Å². The number of aliphatic carboxylic acids is 1. The molecule has 0 aromatic carbocycles. The van der Waals surface area contributed by atoms with E-state index in [0.29, 0.717) is 12.8 Å². The number of carboxylic acid groups (broad SMARTS) is 1. The molecule has 0 aromatic rings. The number of piperidine rings is 1. The van der Waals surface area contributed by atoms with Gasteiger partial charge in [-0.15, -0.1) is 0 Å². The fraction of sp³-hybridized carbons (Fsp3) is 0.833. The number of nitrogens with zero attached hydrogens (tertiary/aromatic N) is 1. The van der Waals surface area contributed by atoms with E-state index in [1.165, 1.54) is 4.90 Å². The van der Waals surface area contributed by atoms with E-state index in [1.54, 1.807) is 0 Å². The highest BCUT2D eigenvalue weighted by Gasteiger charge is 2.41. The van der Waals surface area contributed by atoms with Gasteiger partial charge in [-0.3, -0.25) is 9.59 Å². The van der Waals surface area contributed by atoms with E-state index < -0.39 is 18.1 Å². The molecule has 1 aliphatic heterocycles. The molecule has 0 unspecified atom stereocenters. The van der Waals surface area contributed by atoms with Crippen molar-refractivity contribution in [3.05, 3.63) is 0 Å². The van der Waals surface area contributed by atoms with E-state index in [2.05, 4.69) is 0 Å². The number of amides is 1. The molecular formula is C12H18F3NO3. The Hall–Kier alpha value is -1.27. The number of carbonyl (C=O) groups is 2. The molecule has 7 heteroatoms. The molecule has 1 N–H and O–H groups in total. The molecule has 110 valence electrons. The van der Waals surface area contributed by atoms with Crippen LogP contribution in [0.25, 0.3) is 0 Å². The Morgan fingerprint density at radius 3 is 2.11 bits per heavy atom. The highest BCUT2D eigenvalue weighted by atomic mass is 19.4. The zero-order valence-electron chi connectivity index (χ0n) is 10.6. The fourth-order valence-electron chi connectivity index (χ4n) is 2.17. The molecule has 1 heterocycles. The minimum Gasteiger partial charge on any atom is -0.481 e. The number of rotatable bonds is 5. The van der Waals surface area contributed by atoms with E-state index in [0.717, 1.165) is 0 Å². The summed E-state index contributed by atoms with van der Waals surface area (Å²) in [6, 6.07) is 0. The smallest absolute Gasteiger partial charge is 0.391 e. The van der Waals surface area contributed by atoms with Gasteiger partial charge in [-0.05, 0) is 25.7 Å². The first-order valence-corrected chi connectivity index (χ1v) is 6.37. The van der Waals surface area contributed by atoms with Crippen LogP contribution >= 0.6 is 0 Å². The lowest BCUT2D eigenvalue weighted by Gasteiger charge is -2.33. The zero-order chi connectivity index (χ0) is 14.5. The van der Waals surface area contributed by atoms with Crippen molar-refractivity contribution in [2.75, 3.05) is 13.1 Å². The molecule has 0 aromatic heterocycles. The molecular weight excluding hydrogens is 263 g/mol. The Morgan fingerprint density at radius 1 is 1.11 bits per heavy atom. The molecule has 1 amide bonds. The molecule has 0 radical (unpaired) electrons. The summed E-state index contributed by atoms with van der Waals surface area (Å²) in [5.41, 5.74) is 0. The highest BCUT2D eigenvalue weighted by molar-refractivity contribution is 5.76. The number of halogens is 3. The van der Waals surface area contributed by atoms with Gasteiger partial charge in [0.05, 0.1) is 5.92 Å². The topological polar surface area (TPSA) is 57.6 Å². The predicted molar refractivity (Wildman–Crippen MR) is 61.5 cm³/mol. The van der Waals surface area contributed by atoms with Crippen LogP contribution < -0.4 is 0 Å². The summed E-state index contributed by atoms with van der Waals surface area (Å²) in [5.74, 6) is -2.38. The van der Waals surface area contributed by atoms with Crippen molar-refractivity contribution in [1.82, 2.24) is 4.90 Å². The summed E-state index contributed by atoms with van der Waals surface area (Å²) in [5, 5.41) is 8.43. The molecule has 19 heavy (non-hydrogen) atoms. The normalized spacial score (nSPS) is 17.5. The van der Waals surface area contributed by atoms with Crippen molar-refractivity contribution in [3.63, 3.8) is 0 Å². The van der Waals surface area contributed by atoms with Crippen LogP contribution in [-0.4, -0.2) is 41.1 Å². The van der Waals surface area contributed by atoms with E-state index in [4.69, 9.17) is 5.11 Å². The molecule has 0 spiro atoms. The highest BCUT2D eigenvalue weighted by Crippen LogP contribution is 2.34. The van der Waals surface area contributed by atoms with Gasteiger partial charge in [-0.2, -0.15) is 13.2 Å². The first-order chi connectivity index (χ1) is 8.80. The average molecular weight is 281 g/mol. The summed E-state index contributed by atoms with van der Waals surface area (Å²) in [7, 11) is 0. The number of hydrogen-bond donors (Lipinski definition) is 1. The van der Waals surface area contributed by atoms with Crippen molar-refractivity contribution in [2.24, 2.45) is 5.92 Å². The molecule has 0 atom stereocenters. The maximum Gasteiger partial charge on any atom is 0.391 e. The molecule has 0 aliphatic carbocycles. The number of unbranched alkanes of at least 4 members (excludes halogenated alkanes) is 1. The van der Waals surface area contributed by atoms with Crippen LogP contribution in [0.3, 0.4) is 0 Å². The number of carboxylic acids is 1. The monoisotopic (exact) mass is 281 g/mol. The third-order valence-electron chi connectivity index (χ3n) is 3.34. The van der Waals surface area contributed by atoms with Crippen LogP contribution in [0.2, 0.25) is 0 Å². The molecule has 1 rings (SSSR count). The summed E-state index contributed by atoms with van der Waals surface area (Å²) < 4.78 is 37.3. The Balaban J connectivity index is 2.23. The summed E-state index contributed by atoms with van der Waals surface area (Å²) in [6.07, 6.45) is -3.14. The maximum absolute atomic E-state index is 12.4. The van der Waals surface area contributed by atoms with Crippen molar-refractivity contribution in [3.8, 4) is 0 Å². The van der Waals surface area contributed by atoms with Gasteiger partial charge < -0.3 is 10.0 Å². The van der Waals surface area contributed by atoms with Gasteiger partial charge in [-0.1, -0.05) is 0 Å². The summed E-state index contributed by atoms with van der Waals surface area (Å²) >= 11 is 0. The maximum atomic E-state index is 12.4. The molecule has 1 saturated heterocycles. The lowest BCUT2D eigenvalue weighted by molar-refractivity contribution is -0.186. The second-order valence-electron chi connectivity index (χ2n) is 4.80. The number of alkyl halides is 3. The van der Waals surface area contributed by atoms with Crippen LogP contribution in [0.4, 0.5) is 13.2 Å². The van der Waals surface area contributed by atoms with Crippen LogP contribution in [0, 0.1) is 5.92 Å². The quantitative estimate of drug-likeness (QED) is 0.787. The van der Waals surface area contributed by atoms with Gasteiger partial charge in [-0.25, -0.2) is 0 Å². The molecule has 0 saturated carbocycles. The van der Waals surface area contributed by atoms with E-state index in [9.17, 15) is 22.8 Å². The summed E-state index contributed by atoms with van der Waals surface area (Å²) in [6.45, 7) is 0.282. The number of hydrogen-bond acceptors (Lipinski definition) is 2. The first kappa shape index (κ1) is 15.8. The Bertz CT molecular complexity index is 323. The molecule has 1 fully saturated rings. The predicted octanol–water partition coefficient (Wildman–Crippen LogP) is 2.43. The standard InChI is InChI=1S/C12H18F3NO3/c13-12(14,15)9-5-7-16(8-6-9)10(17)3-1-2-4-11(18)19/h9H,1-8H2,(H,18,19). The van der Waals surface area contributed by atoms with Crippen LogP contribution in [0.15, 0.2) is 0 Å². The van der Waals surface area contributed by atoms with Gasteiger partial charge >= 0.3 is 12.1 Å².